The van der Waals surface area contributed by atoms with Gasteiger partial charge in [0.25, 0.3) is 0 Å². The van der Waals surface area contributed by atoms with E-state index in [1.807, 2.05) is 30.3 Å². The van der Waals surface area contributed by atoms with Gasteiger partial charge >= 0.3 is 0 Å². The summed E-state index contributed by atoms with van der Waals surface area (Å²) < 4.78 is 1.10. The van der Waals surface area contributed by atoms with Crippen LogP contribution in [0.15, 0.2) is 71.2 Å². The third-order valence-electron chi connectivity index (χ3n) is 2.93. The highest BCUT2D eigenvalue weighted by Crippen LogP contribution is 2.20. The highest BCUT2D eigenvalue weighted by molar-refractivity contribution is 9.10. The molecule has 0 unspecified atom stereocenters. The van der Waals surface area contributed by atoms with Crippen LogP contribution >= 0.6 is 15.9 Å². The zero-order valence-corrected chi connectivity index (χ0v) is 11.8. The molecule has 0 bridgehead atoms. The van der Waals surface area contributed by atoms with E-state index < -0.39 is 0 Å². The predicted molar refractivity (Wildman–Crippen MR) is 84.1 cm³/mol. The van der Waals surface area contributed by atoms with Gasteiger partial charge in [-0.3, -0.25) is 0 Å². The Bertz CT molecular complexity index is 777. The van der Waals surface area contributed by atoms with Crippen LogP contribution < -0.4 is 0 Å². The third kappa shape index (κ3) is 2.86. The molecular weight excluding hydrogens is 296 g/mol. The van der Waals surface area contributed by atoms with Crippen LogP contribution in [0.25, 0.3) is 10.8 Å². The molecule has 90 valence electrons. The van der Waals surface area contributed by atoms with Crippen molar-refractivity contribution < 1.29 is 0 Å². The SMILES string of the molecule is Brc1ccc2cc(C#Cc3ccccc3)ccc2c1. The number of rotatable bonds is 0. The Morgan fingerprint density at radius 3 is 2.16 bits per heavy atom. The smallest absolute Gasteiger partial charge is 0.0255 e. The van der Waals surface area contributed by atoms with Crippen LogP contribution in [0.5, 0.6) is 0 Å². The fourth-order valence-electron chi connectivity index (χ4n) is 1.96. The second kappa shape index (κ2) is 5.30. The first-order valence-corrected chi connectivity index (χ1v) is 6.87. The fraction of sp³-hybridized carbons (Fsp3) is 0. The van der Waals surface area contributed by atoms with Gasteiger partial charge in [0, 0.05) is 15.6 Å². The third-order valence-corrected chi connectivity index (χ3v) is 3.42. The van der Waals surface area contributed by atoms with Gasteiger partial charge in [-0.25, -0.2) is 0 Å². The molecule has 0 saturated carbocycles. The van der Waals surface area contributed by atoms with Crippen molar-refractivity contribution in [2.24, 2.45) is 0 Å². The summed E-state index contributed by atoms with van der Waals surface area (Å²) in [6.45, 7) is 0. The molecule has 0 aliphatic carbocycles. The monoisotopic (exact) mass is 306 g/mol. The van der Waals surface area contributed by atoms with E-state index in [0.717, 1.165) is 15.6 Å². The first kappa shape index (κ1) is 12.0. The van der Waals surface area contributed by atoms with Crippen molar-refractivity contribution in [1.29, 1.82) is 0 Å². The Hall–Kier alpha value is -2.04. The van der Waals surface area contributed by atoms with Crippen LogP contribution in [0.2, 0.25) is 0 Å². The molecule has 0 aliphatic rings. The molecule has 0 amide bonds. The predicted octanol–water partition coefficient (Wildman–Crippen LogP) is 5.00. The molecule has 3 rings (SSSR count). The van der Waals surface area contributed by atoms with Crippen molar-refractivity contribution in [3.63, 3.8) is 0 Å². The maximum atomic E-state index is 3.48. The first-order chi connectivity index (χ1) is 9.31. The number of hydrogen-bond acceptors (Lipinski definition) is 0. The van der Waals surface area contributed by atoms with Crippen LogP contribution in [0, 0.1) is 11.8 Å². The number of benzene rings is 3. The molecule has 0 fully saturated rings. The summed E-state index contributed by atoms with van der Waals surface area (Å²) in [5.74, 6) is 6.38. The zero-order chi connectivity index (χ0) is 13.1. The standard InChI is InChI=1S/C18H11Br/c19-18-11-10-16-12-15(8-9-17(16)13-18)7-6-14-4-2-1-3-5-14/h1-5,8-13H. The molecule has 3 aromatic carbocycles. The van der Waals surface area contributed by atoms with Gasteiger partial charge in [-0.2, -0.15) is 0 Å². The summed E-state index contributed by atoms with van der Waals surface area (Å²) in [7, 11) is 0. The average Bonchev–Trinajstić information content (AvgIpc) is 2.46. The van der Waals surface area contributed by atoms with Gasteiger partial charge in [-0.15, -0.1) is 0 Å². The highest BCUT2D eigenvalue weighted by Gasteiger charge is 1.95. The normalized spacial score (nSPS) is 9.95. The van der Waals surface area contributed by atoms with Crippen molar-refractivity contribution in [3.8, 4) is 11.8 Å². The van der Waals surface area contributed by atoms with Gasteiger partial charge in [-0.1, -0.05) is 58.1 Å². The Morgan fingerprint density at radius 1 is 0.632 bits per heavy atom. The van der Waals surface area contributed by atoms with E-state index in [2.05, 4.69) is 64.2 Å². The van der Waals surface area contributed by atoms with Crippen LogP contribution in [0.4, 0.5) is 0 Å². The van der Waals surface area contributed by atoms with E-state index in [4.69, 9.17) is 0 Å². The zero-order valence-electron chi connectivity index (χ0n) is 10.2. The van der Waals surface area contributed by atoms with E-state index >= 15 is 0 Å². The fourth-order valence-corrected chi connectivity index (χ4v) is 2.34. The molecular formula is C18H11Br. The second-order valence-corrected chi connectivity index (χ2v) is 5.24. The first-order valence-electron chi connectivity index (χ1n) is 6.08. The van der Waals surface area contributed by atoms with Gasteiger partial charge in [-0.05, 0) is 47.2 Å². The highest BCUT2D eigenvalue weighted by atomic mass is 79.9. The quantitative estimate of drug-likeness (QED) is 0.513. The largest absolute Gasteiger partial charge is 0.0622 e. The van der Waals surface area contributed by atoms with Gasteiger partial charge in [0.1, 0.15) is 0 Å². The summed E-state index contributed by atoms with van der Waals surface area (Å²) in [6, 6.07) is 22.6. The lowest BCUT2D eigenvalue weighted by Gasteiger charge is -1.99. The van der Waals surface area contributed by atoms with E-state index in [1.54, 1.807) is 0 Å². The lowest BCUT2D eigenvalue weighted by Crippen LogP contribution is -1.78. The second-order valence-electron chi connectivity index (χ2n) is 4.32. The number of hydrogen-bond donors (Lipinski definition) is 0. The van der Waals surface area contributed by atoms with Crippen molar-refractivity contribution in [2.45, 2.75) is 0 Å². The maximum Gasteiger partial charge on any atom is 0.0255 e. The molecule has 0 nitrogen and oxygen atoms in total. The average molecular weight is 307 g/mol. The summed E-state index contributed by atoms with van der Waals surface area (Å²) in [5, 5.41) is 2.43. The minimum absolute atomic E-state index is 1.04. The lowest BCUT2D eigenvalue weighted by atomic mass is 10.1. The summed E-state index contributed by atoms with van der Waals surface area (Å²) in [6.07, 6.45) is 0. The Balaban J connectivity index is 1.99. The van der Waals surface area contributed by atoms with Gasteiger partial charge < -0.3 is 0 Å². The van der Waals surface area contributed by atoms with Crippen LogP contribution in [-0.4, -0.2) is 0 Å². The Kier molecular flexibility index (Phi) is 3.35. The van der Waals surface area contributed by atoms with Crippen LogP contribution in [-0.2, 0) is 0 Å². The topological polar surface area (TPSA) is 0 Å². The van der Waals surface area contributed by atoms with E-state index in [9.17, 15) is 0 Å². The molecule has 0 aliphatic heterocycles. The molecule has 0 spiro atoms. The van der Waals surface area contributed by atoms with E-state index in [1.165, 1.54) is 10.8 Å². The molecule has 1 heteroatoms. The van der Waals surface area contributed by atoms with Crippen molar-refractivity contribution in [3.05, 3.63) is 82.3 Å². The molecule has 0 radical (unpaired) electrons. The summed E-state index contributed by atoms with van der Waals surface area (Å²) >= 11 is 3.48. The van der Waals surface area contributed by atoms with E-state index in [-0.39, 0.29) is 0 Å². The lowest BCUT2D eigenvalue weighted by molar-refractivity contribution is 1.63. The van der Waals surface area contributed by atoms with E-state index in [0.29, 0.717) is 0 Å². The van der Waals surface area contributed by atoms with Gasteiger partial charge in [0.2, 0.25) is 0 Å². The van der Waals surface area contributed by atoms with Crippen LogP contribution in [0.1, 0.15) is 11.1 Å². The van der Waals surface area contributed by atoms with Crippen molar-refractivity contribution in [1.82, 2.24) is 0 Å². The minimum atomic E-state index is 1.04. The summed E-state index contributed by atoms with van der Waals surface area (Å²) in [5.41, 5.74) is 2.08. The van der Waals surface area contributed by atoms with Crippen LogP contribution in [0.3, 0.4) is 0 Å². The van der Waals surface area contributed by atoms with Crippen molar-refractivity contribution in [2.75, 3.05) is 0 Å². The minimum Gasteiger partial charge on any atom is -0.0622 e. The molecule has 0 heterocycles. The molecule has 0 saturated heterocycles. The molecule has 0 N–H and O–H groups in total. The van der Waals surface area contributed by atoms with Crippen molar-refractivity contribution >= 4 is 26.7 Å². The molecule has 3 aromatic rings. The molecule has 19 heavy (non-hydrogen) atoms. The Morgan fingerprint density at radius 2 is 1.32 bits per heavy atom. The number of fused-ring (bicyclic) bond motifs is 1. The van der Waals surface area contributed by atoms with Gasteiger partial charge in [0.15, 0.2) is 0 Å². The molecule has 0 aromatic heterocycles. The summed E-state index contributed by atoms with van der Waals surface area (Å²) in [4.78, 5) is 0. The molecule has 0 atom stereocenters. The number of halogens is 1. The van der Waals surface area contributed by atoms with Gasteiger partial charge in [0.05, 0.1) is 0 Å². The Labute approximate surface area is 121 Å². The maximum absolute atomic E-state index is 3.48.